The van der Waals surface area contributed by atoms with E-state index in [4.69, 9.17) is 5.11 Å². The molecule has 0 heterocycles. The van der Waals surface area contributed by atoms with Crippen molar-refractivity contribution in [3.63, 3.8) is 0 Å². The van der Waals surface area contributed by atoms with E-state index < -0.39 is 17.0 Å². The highest BCUT2D eigenvalue weighted by Gasteiger charge is 1.89. The maximum absolute atomic E-state index is 9.71. The smallest absolute Gasteiger partial charge is 0.303 e. The molecule has 6 heteroatoms. The van der Waals surface area contributed by atoms with E-state index in [2.05, 4.69) is 17.3 Å². The summed E-state index contributed by atoms with van der Waals surface area (Å²) in [6.07, 6.45) is 3.21. The lowest BCUT2D eigenvalue weighted by atomic mass is 10.3. The predicted octanol–water partition coefficient (Wildman–Crippen LogP) is 0.710. The van der Waals surface area contributed by atoms with Crippen LogP contribution in [0.3, 0.4) is 0 Å². The molecule has 5 nitrogen and oxygen atoms in total. The number of carboxylic acid groups (broad SMARTS) is 1. The van der Waals surface area contributed by atoms with E-state index in [1.54, 1.807) is 6.08 Å². The van der Waals surface area contributed by atoms with Crippen LogP contribution in [0.15, 0.2) is 25.5 Å². The Morgan fingerprint density at radius 3 is 2.08 bits per heavy atom. The minimum atomic E-state index is -2.72. The van der Waals surface area contributed by atoms with Crippen molar-refractivity contribution in [3.05, 3.63) is 25.5 Å². The van der Waals surface area contributed by atoms with Crippen molar-refractivity contribution in [2.75, 3.05) is 0 Å². The summed E-state index contributed by atoms with van der Waals surface area (Å²) in [4.78, 5) is 9.71. The average molecular weight is 208 g/mol. The summed E-state index contributed by atoms with van der Waals surface area (Å²) in [7, 11) is -2.72. The molecular weight excluding hydrogens is 196 g/mol. The number of aliphatic carboxylic acids is 1. The highest BCUT2D eigenvalue weighted by atomic mass is 32.2. The van der Waals surface area contributed by atoms with Crippen molar-refractivity contribution < 1.29 is 22.5 Å². The third-order valence-corrected chi connectivity index (χ3v) is 1.04. The lowest BCUT2D eigenvalue weighted by molar-refractivity contribution is -0.136. The van der Waals surface area contributed by atoms with Crippen LogP contribution in [0.25, 0.3) is 0 Å². The normalized spacial score (nSPS) is 8.08. The van der Waals surface area contributed by atoms with Gasteiger partial charge in [0.2, 0.25) is 0 Å². The molecule has 0 aliphatic rings. The molecule has 0 aromatic carbocycles. The van der Waals surface area contributed by atoms with Gasteiger partial charge < -0.3 is 9.29 Å². The molecule has 0 saturated carbocycles. The quantitative estimate of drug-likeness (QED) is 0.395. The zero-order valence-electron chi connectivity index (χ0n) is 7.01. The Morgan fingerprint density at radius 1 is 1.46 bits per heavy atom. The first-order valence-electron chi connectivity index (χ1n) is 3.29. The van der Waals surface area contributed by atoms with Gasteiger partial charge in [0, 0.05) is 6.42 Å². The van der Waals surface area contributed by atoms with Gasteiger partial charge in [0.05, 0.1) is 6.26 Å². The number of carboxylic acids is 1. The molecule has 0 rings (SSSR count). The molecular formula is C7H12O5S. The second-order valence-electron chi connectivity index (χ2n) is 1.72. The fourth-order valence-corrected chi connectivity index (χ4v) is 0.408. The Balaban J connectivity index is 0. The Labute approximate surface area is 78.5 Å². The number of allylic oxidation sites excluding steroid dienone is 1. The van der Waals surface area contributed by atoms with Crippen LogP contribution in [0, 0.1) is 0 Å². The van der Waals surface area contributed by atoms with Gasteiger partial charge in [-0.25, -0.2) is 0 Å². The van der Waals surface area contributed by atoms with E-state index in [1.165, 1.54) is 0 Å². The number of thiol groups is 1. The van der Waals surface area contributed by atoms with Crippen LogP contribution in [-0.2, 0) is 20.0 Å². The third kappa shape index (κ3) is 24.9. The lowest BCUT2D eigenvalue weighted by Gasteiger charge is -1.82. The first-order valence-corrected chi connectivity index (χ1v) is 4.38. The van der Waals surface area contributed by atoms with Crippen LogP contribution in [0.4, 0.5) is 0 Å². The monoisotopic (exact) mass is 208 g/mol. The Morgan fingerprint density at radius 2 is 2.00 bits per heavy atom. The van der Waals surface area contributed by atoms with Crippen molar-refractivity contribution in [1.29, 1.82) is 0 Å². The number of hydrogen-bond acceptors (Lipinski definition) is 4. The van der Waals surface area contributed by atoms with Crippen molar-refractivity contribution in [2.24, 2.45) is 0 Å². The second-order valence-corrected chi connectivity index (χ2v) is 2.37. The first kappa shape index (κ1) is 14.2. The molecule has 0 saturated heterocycles. The van der Waals surface area contributed by atoms with Crippen molar-refractivity contribution in [1.82, 2.24) is 0 Å². The molecule has 76 valence electrons. The minimum Gasteiger partial charge on any atom is -0.481 e. The Hall–Kier alpha value is -1.30. The van der Waals surface area contributed by atoms with Crippen LogP contribution >= 0.6 is 0 Å². The summed E-state index contributed by atoms with van der Waals surface area (Å²) in [5.74, 6) is -0.764. The molecule has 0 aliphatic carbocycles. The van der Waals surface area contributed by atoms with Crippen LogP contribution in [0.2, 0.25) is 0 Å². The summed E-state index contributed by atoms with van der Waals surface area (Å²) >= 11 is 0. The van der Waals surface area contributed by atoms with Crippen molar-refractivity contribution >= 4 is 17.0 Å². The van der Waals surface area contributed by atoms with Crippen molar-refractivity contribution in [3.8, 4) is 0 Å². The van der Waals surface area contributed by atoms with E-state index in [0.717, 1.165) is 6.26 Å². The molecule has 0 unspecified atom stereocenters. The molecule has 1 N–H and O–H groups in total. The zero-order valence-corrected chi connectivity index (χ0v) is 7.90. The minimum absolute atomic E-state index is 0.198. The van der Waals surface area contributed by atoms with Gasteiger partial charge in [-0.2, -0.15) is 8.42 Å². The molecule has 0 aromatic heterocycles. The number of rotatable bonds is 5. The van der Waals surface area contributed by atoms with Crippen LogP contribution in [0.1, 0.15) is 12.8 Å². The number of carbonyl (C=O) groups is 1. The number of hydrogen-bond donors (Lipinski definition) is 2. The molecule has 0 aromatic rings. The van der Waals surface area contributed by atoms with Gasteiger partial charge in [-0.3, -0.25) is 4.79 Å². The molecule has 0 radical (unpaired) electrons. The van der Waals surface area contributed by atoms with Crippen LogP contribution < -0.4 is 0 Å². The molecule has 0 amide bonds. The molecule has 0 atom stereocenters. The van der Waals surface area contributed by atoms with Crippen LogP contribution in [0.5, 0.6) is 0 Å². The molecule has 0 bridgehead atoms. The highest BCUT2D eigenvalue weighted by Crippen LogP contribution is 1.86. The summed E-state index contributed by atoms with van der Waals surface area (Å²) in [5.41, 5.74) is 0. The maximum atomic E-state index is 9.71. The highest BCUT2D eigenvalue weighted by molar-refractivity contribution is 7.67. The molecule has 0 fully saturated rings. The van der Waals surface area contributed by atoms with Gasteiger partial charge in [0.25, 0.3) is 11.0 Å². The van der Waals surface area contributed by atoms with E-state index in [9.17, 15) is 13.2 Å². The van der Waals surface area contributed by atoms with Gasteiger partial charge in [-0.05, 0) is 6.42 Å². The van der Waals surface area contributed by atoms with Crippen LogP contribution in [-0.4, -0.2) is 19.5 Å². The summed E-state index contributed by atoms with van der Waals surface area (Å²) in [6.45, 7) is 6.36. The standard InChI is InChI=1S/C5H8O2.C2H4O3S/c1-2-3-4-5(6)7;1-2-5-6(3)4/h2H,1,3-4H2,(H,6,7);2,6H,1H2. The second kappa shape index (κ2) is 10.7. The fourth-order valence-electron chi connectivity index (χ4n) is 0.286. The average Bonchev–Trinajstić information content (AvgIpc) is 2.01. The van der Waals surface area contributed by atoms with Gasteiger partial charge in [-0.1, -0.05) is 12.7 Å². The van der Waals surface area contributed by atoms with Gasteiger partial charge in [0.15, 0.2) is 0 Å². The predicted molar refractivity (Wildman–Crippen MR) is 48.7 cm³/mol. The fraction of sp³-hybridized carbons (Fsp3) is 0.286. The maximum Gasteiger partial charge on any atom is 0.303 e. The van der Waals surface area contributed by atoms with E-state index in [1.807, 2.05) is 0 Å². The molecule has 0 spiro atoms. The van der Waals surface area contributed by atoms with Gasteiger partial charge >= 0.3 is 5.97 Å². The Kier molecular flexibility index (Phi) is 11.7. The van der Waals surface area contributed by atoms with Gasteiger partial charge in [-0.15, -0.1) is 6.58 Å². The first-order chi connectivity index (χ1) is 6.04. The van der Waals surface area contributed by atoms with Gasteiger partial charge in [0.1, 0.15) is 0 Å². The third-order valence-electron chi connectivity index (χ3n) is 0.723. The molecule has 0 aliphatic heterocycles. The van der Waals surface area contributed by atoms with Crippen molar-refractivity contribution in [2.45, 2.75) is 12.8 Å². The largest absolute Gasteiger partial charge is 0.481 e. The zero-order chi connectivity index (χ0) is 10.7. The topological polar surface area (TPSA) is 80.7 Å². The van der Waals surface area contributed by atoms with E-state index >= 15 is 0 Å². The Bertz CT molecular complexity index is 223. The summed E-state index contributed by atoms with van der Waals surface area (Å²) < 4.78 is 22.4. The lowest BCUT2D eigenvalue weighted by Crippen LogP contribution is -1.90. The SMILES string of the molecule is C=CCCC(=O)O.C=CO[SH](=O)=O. The van der Waals surface area contributed by atoms with E-state index in [0.29, 0.717) is 6.42 Å². The van der Waals surface area contributed by atoms with E-state index in [-0.39, 0.29) is 6.42 Å². The summed E-state index contributed by atoms with van der Waals surface area (Å²) in [5, 5.41) is 8.00. The molecule has 13 heavy (non-hydrogen) atoms. The summed E-state index contributed by atoms with van der Waals surface area (Å²) in [6, 6.07) is 0.